The summed E-state index contributed by atoms with van der Waals surface area (Å²) in [6.07, 6.45) is 0.433. The minimum Gasteiger partial charge on any atom is -0.458 e. The number of aliphatic hydroxyl groups excluding tert-OH is 1. The number of rotatable bonds is 5. The van der Waals surface area contributed by atoms with E-state index in [4.69, 9.17) is 30.9 Å². The molecule has 3 rings (SSSR count). The molecule has 2 aliphatic carbocycles. The molecule has 0 amide bonds. The number of ether oxygens (including phenoxy) is 3. The number of carbonyl (C=O) groups is 3. The highest BCUT2D eigenvalue weighted by Gasteiger charge is 2.62. The molecular weight excluding hydrogens is 428 g/mol. The molecule has 0 aromatic heterocycles. The van der Waals surface area contributed by atoms with Gasteiger partial charge in [-0.3, -0.25) is 4.79 Å². The Labute approximate surface area is 185 Å². The summed E-state index contributed by atoms with van der Waals surface area (Å²) in [7, 11) is 0. The third-order valence-electron chi connectivity index (χ3n) is 6.40. The lowest BCUT2D eigenvalue weighted by Gasteiger charge is -2.38. The fourth-order valence-corrected chi connectivity index (χ4v) is 5.31. The lowest BCUT2D eigenvalue weighted by atomic mass is 9.75. The molecule has 1 saturated carbocycles. The van der Waals surface area contributed by atoms with Crippen LogP contribution in [-0.4, -0.2) is 64.5 Å². The van der Waals surface area contributed by atoms with E-state index in [0.29, 0.717) is 0 Å². The maximum absolute atomic E-state index is 12.6. The molecule has 2 N–H and O–H groups in total. The molecule has 1 saturated heterocycles. The number of hydrogen-bond donors (Lipinski definition) is 2. The maximum atomic E-state index is 12.6. The van der Waals surface area contributed by atoms with E-state index >= 15 is 0 Å². The van der Waals surface area contributed by atoms with E-state index < -0.39 is 59.6 Å². The molecule has 1 aliphatic heterocycles. The molecule has 0 spiro atoms. The number of hydrogen-bond acceptors (Lipinski definition) is 8. The van der Waals surface area contributed by atoms with Crippen LogP contribution in [0.3, 0.4) is 0 Å². The van der Waals surface area contributed by atoms with Crippen LogP contribution >= 0.6 is 11.6 Å². The van der Waals surface area contributed by atoms with Gasteiger partial charge in [0.15, 0.2) is 0 Å². The van der Waals surface area contributed by atoms with Gasteiger partial charge in [-0.25, -0.2) is 9.59 Å². The van der Waals surface area contributed by atoms with Crippen molar-refractivity contribution < 1.29 is 38.8 Å². The molecule has 170 valence electrons. The van der Waals surface area contributed by atoms with E-state index in [9.17, 15) is 19.5 Å². The topological polar surface area (TPSA) is 119 Å². The fraction of sp³-hybridized carbons (Fsp3) is 0.591. The molecule has 0 aromatic carbocycles. The van der Waals surface area contributed by atoms with Crippen LogP contribution < -0.4 is 0 Å². The summed E-state index contributed by atoms with van der Waals surface area (Å²) in [5.74, 6) is -3.94. The van der Waals surface area contributed by atoms with E-state index in [0.717, 1.165) is 5.57 Å². The van der Waals surface area contributed by atoms with Crippen molar-refractivity contribution in [1.29, 1.82) is 0 Å². The lowest BCUT2D eigenvalue weighted by molar-refractivity contribution is -0.157. The number of carbonyl (C=O) groups excluding carboxylic acids is 3. The second-order valence-corrected chi connectivity index (χ2v) is 8.68. The first kappa shape index (κ1) is 23.5. The summed E-state index contributed by atoms with van der Waals surface area (Å²) in [6, 6.07) is 0. The molecular formula is C22H27ClO8. The largest absolute Gasteiger partial charge is 0.458 e. The highest BCUT2D eigenvalue weighted by atomic mass is 35.5. The van der Waals surface area contributed by atoms with E-state index in [2.05, 4.69) is 6.58 Å². The predicted octanol–water partition coefficient (Wildman–Crippen LogP) is 1.43. The Morgan fingerprint density at radius 3 is 2.61 bits per heavy atom. The molecule has 31 heavy (non-hydrogen) atoms. The monoisotopic (exact) mass is 454 g/mol. The summed E-state index contributed by atoms with van der Waals surface area (Å²) in [5, 5.41) is 20.6. The molecule has 7 atom stereocenters. The van der Waals surface area contributed by atoms with Crippen LogP contribution in [0.15, 0.2) is 35.5 Å². The standard InChI is InChI=1S/C22H27ClO8/c1-10(5-6-24)20(26)30-15-8-22(28,9-23)18-14(29-13(4)25)7-11(2)16(18)19-17(15)12(3)21(27)31-19/h5,7,14-19,24,28H,3,6,8-9H2,1-2,4H3/b10-5+/t14-,15-,16+,17-,18-,19-,22+/m1/s1. The van der Waals surface area contributed by atoms with Gasteiger partial charge in [0.25, 0.3) is 0 Å². The van der Waals surface area contributed by atoms with E-state index in [1.807, 2.05) is 6.92 Å². The van der Waals surface area contributed by atoms with Gasteiger partial charge in [-0.2, -0.15) is 0 Å². The molecule has 1 heterocycles. The summed E-state index contributed by atoms with van der Waals surface area (Å²) in [5.41, 5.74) is -0.479. The Bertz CT molecular complexity index is 862. The van der Waals surface area contributed by atoms with Crippen molar-refractivity contribution >= 4 is 29.5 Å². The summed E-state index contributed by atoms with van der Waals surface area (Å²) in [6.45, 7) is 8.07. The molecule has 2 fully saturated rings. The number of fused-ring (bicyclic) bond motifs is 3. The SMILES string of the molecule is C=C1C(=O)O[C@@H]2[C@H]3C(C)=C[C@@H](OC(C)=O)[C@H]3[C@@](O)(CCl)C[C@@H](OC(=O)/C(C)=C/CO)[C@@H]12. The van der Waals surface area contributed by atoms with Crippen molar-refractivity contribution in [2.45, 2.75) is 51.1 Å². The third kappa shape index (κ3) is 4.16. The number of aliphatic hydroxyl groups is 2. The van der Waals surface area contributed by atoms with E-state index in [-0.39, 0.29) is 30.1 Å². The van der Waals surface area contributed by atoms with Gasteiger partial charge in [0.1, 0.15) is 18.3 Å². The Kier molecular flexibility index (Phi) is 6.64. The van der Waals surface area contributed by atoms with Crippen molar-refractivity contribution in [3.05, 3.63) is 35.5 Å². The highest BCUT2D eigenvalue weighted by Crippen LogP contribution is 2.54. The van der Waals surface area contributed by atoms with Crippen molar-refractivity contribution in [2.75, 3.05) is 12.5 Å². The molecule has 3 aliphatic rings. The Balaban J connectivity index is 2.06. The molecule has 0 unspecified atom stereocenters. The van der Waals surface area contributed by atoms with Crippen molar-refractivity contribution in [1.82, 2.24) is 0 Å². The predicted molar refractivity (Wildman–Crippen MR) is 110 cm³/mol. The number of halogens is 1. The van der Waals surface area contributed by atoms with Gasteiger partial charge < -0.3 is 24.4 Å². The molecule has 8 nitrogen and oxygen atoms in total. The average Bonchev–Trinajstić information content (AvgIpc) is 3.13. The van der Waals surface area contributed by atoms with Crippen LogP contribution in [0, 0.1) is 17.8 Å². The van der Waals surface area contributed by atoms with Crippen LogP contribution in [0.1, 0.15) is 27.2 Å². The Morgan fingerprint density at radius 1 is 1.35 bits per heavy atom. The fourth-order valence-electron chi connectivity index (χ4n) is 5.02. The zero-order valence-corrected chi connectivity index (χ0v) is 18.4. The summed E-state index contributed by atoms with van der Waals surface area (Å²) < 4.78 is 16.8. The summed E-state index contributed by atoms with van der Waals surface area (Å²) >= 11 is 6.22. The molecule has 9 heteroatoms. The smallest absolute Gasteiger partial charge is 0.334 e. The van der Waals surface area contributed by atoms with Crippen LogP contribution in [0.2, 0.25) is 0 Å². The highest BCUT2D eigenvalue weighted by molar-refractivity contribution is 6.18. The van der Waals surface area contributed by atoms with Gasteiger partial charge in [-0.15, -0.1) is 11.6 Å². The van der Waals surface area contributed by atoms with Crippen molar-refractivity contribution in [2.24, 2.45) is 17.8 Å². The minimum atomic E-state index is -1.59. The second-order valence-electron chi connectivity index (χ2n) is 8.41. The van der Waals surface area contributed by atoms with Gasteiger partial charge in [0.2, 0.25) is 0 Å². The first-order chi connectivity index (χ1) is 14.5. The van der Waals surface area contributed by atoms with Gasteiger partial charge in [0.05, 0.1) is 24.0 Å². The van der Waals surface area contributed by atoms with Crippen LogP contribution in [0.25, 0.3) is 0 Å². The van der Waals surface area contributed by atoms with E-state index in [1.165, 1.54) is 19.9 Å². The minimum absolute atomic E-state index is 0.106. The average molecular weight is 455 g/mol. The normalized spacial score (nSPS) is 37.4. The molecule has 0 aromatic rings. The number of alkyl halides is 1. The summed E-state index contributed by atoms with van der Waals surface area (Å²) in [4.78, 5) is 36.6. The van der Waals surface area contributed by atoms with Crippen molar-refractivity contribution in [3.63, 3.8) is 0 Å². The van der Waals surface area contributed by atoms with Gasteiger partial charge in [-0.1, -0.05) is 12.2 Å². The van der Waals surface area contributed by atoms with Crippen molar-refractivity contribution in [3.8, 4) is 0 Å². The molecule has 0 bridgehead atoms. The number of esters is 3. The van der Waals surface area contributed by atoms with E-state index in [1.54, 1.807) is 6.08 Å². The van der Waals surface area contributed by atoms with Crippen LogP contribution in [0.5, 0.6) is 0 Å². The molecule has 0 radical (unpaired) electrons. The first-order valence-electron chi connectivity index (χ1n) is 10.1. The van der Waals surface area contributed by atoms with Gasteiger partial charge in [-0.05, 0) is 26.0 Å². The first-order valence-corrected chi connectivity index (χ1v) is 10.6. The Morgan fingerprint density at radius 2 is 2.03 bits per heavy atom. The zero-order valence-electron chi connectivity index (χ0n) is 17.7. The Hall–Kier alpha value is -2.16. The lowest BCUT2D eigenvalue weighted by Crippen LogP contribution is -2.50. The van der Waals surface area contributed by atoms with Crippen LogP contribution in [-0.2, 0) is 28.6 Å². The maximum Gasteiger partial charge on any atom is 0.334 e. The van der Waals surface area contributed by atoms with Crippen LogP contribution in [0.4, 0.5) is 0 Å². The third-order valence-corrected chi connectivity index (χ3v) is 6.86. The zero-order chi connectivity index (χ0) is 23.1. The van der Waals surface area contributed by atoms with Gasteiger partial charge in [0, 0.05) is 36.3 Å². The van der Waals surface area contributed by atoms with Gasteiger partial charge >= 0.3 is 17.9 Å². The quantitative estimate of drug-likeness (QED) is 0.210. The second kappa shape index (κ2) is 8.76.